The lowest BCUT2D eigenvalue weighted by Crippen LogP contribution is -2.51. The van der Waals surface area contributed by atoms with Crippen molar-refractivity contribution in [2.75, 3.05) is 39.4 Å². The summed E-state index contributed by atoms with van der Waals surface area (Å²) in [6, 6.07) is 0.727. The van der Waals surface area contributed by atoms with Crippen molar-refractivity contribution in [1.82, 2.24) is 19.8 Å². The lowest BCUT2D eigenvalue weighted by Gasteiger charge is -2.40. The summed E-state index contributed by atoms with van der Waals surface area (Å²) in [6.07, 6.45) is 6.01. The Balaban J connectivity index is 1.47. The summed E-state index contributed by atoms with van der Waals surface area (Å²) in [5, 5.41) is 0.318. The SMILES string of the molecule is Clc1ncc(CN2CCN(C3CCOCC3)CC2)cn1. The molecule has 2 fully saturated rings. The first kappa shape index (κ1) is 14.2. The number of ether oxygens (including phenoxy) is 1. The fourth-order valence-electron chi connectivity index (χ4n) is 3.02. The third kappa shape index (κ3) is 3.67. The van der Waals surface area contributed by atoms with E-state index in [9.17, 15) is 0 Å². The van der Waals surface area contributed by atoms with E-state index in [0.29, 0.717) is 5.28 Å². The number of nitrogens with zero attached hydrogens (tertiary/aromatic N) is 4. The van der Waals surface area contributed by atoms with Gasteiger partial charge in [0.25, 0.3) is 0 Å². The van der Waals surface area contributed by atoms with Gasteiger partial charge in [0.15, 0.2) is 0 Å². The minimum absolute atomic E-state index is 0.318. The Bertz CT molecular complexity index is 414. The zero-order valence-corrected chi connectivity index (χ0v) is 12.4. The lowest BCUT2D eigenvalue weighted by molar-refractivity contribution is 0.0126. The van der Waals surface area contributed by atoms with Crippen LogP contribution in [0.4, 0.5) is 0 Å². The number of aromatic nitrogens is 2. The molecule has 0 aliphatic carbocycles. The second-order valence-corrected chi connectivity index (χ2v) is 5.85. The molecule has 0 aromatic carbocycles. The van der Waals surface area contributed by atoms with Crippen molar-refractivity contribution in [3.05, 3.63) is 23.2 Å². The first-order chi connectivity index (χ1) is 9.81. The highest BCUT2D eigenvalue weighted by molar-refractivity contribution is 6.28. The second kappa shape index (κ2) is 6.80. The van der Waals surface area contributed by atoms with Crippen LogP contribution in [0.25, 0.3) is 0 Å². The maximum Gasteiger partial charge on any atom is 0.222 e. The summed E-state index contributed by atoms with van der Waals surface area (Å²) in [6.45, 7) is 7.29. The summed E-state index contributed by atoms with van der Waals surface area (Å²) in [5.74, 6) is 0. The normalized spacial score (nSPS) is 23.1. The summed E-state index contributed by atoms with van der Waals surface area (Å²) in [4.78, 5) is 13.2. The molecule has 0 atom stereocenters. The molecule has 2 aliphatic rings. The third-order valence-electron chi connectivity index (χ3n) is 4.19. The summed E-state index contributed by atoms with van der Waals surface area (Å²) in [7, 11) is 0. The first-order valence-electron chi connectivity index (χ1n) is 7.32. The monoisotopic (exact) mass is 296 g/mol. The smallest absolute Gasteiger partial charge is 0.222 e. The van der Waals surface area contributed by atoms with Crippen LogP contribution in [0.5, 0.6) is 0 Å². The Morgan fingerprint density at radius 1 is 1.10 bits per heavy atom. The Morgan fingerprint density at radius 2 is 1.75 bits per heavy atom. The third-order valence-corrected chi connectivity index (χ3v) is 4.39. The Kier molecular flexibility index (Phi) is 4.83. The van der Waals surface area contributed by atoms with Crippen molar-refractivity contribution >= 4 is 11.6 Å². The van der Waals surface area contributed by atoms with E-state index in [1.165, 1.54) is 12.8 Å². The van der Waals surface area contributed by atoms with Crippen molar-refractivity contribution in [3.63, 3.8) is 0 Å². The van der Waals surface area contributed by atoms with E-state index in [2.05, 4.69) is 19.8 Å². The molecular formula is C14H21ClN4O. The van der Waals surface area contributed by atoms with Crippen molar-refractivity contribution < 1.29 is 4.74 Å². The van der Waals surface area contributed by atoms with Gasteiger partial charge in [-0.1, -0.05) is 0 Å². The van der Waals surface area contributed by atoms with E-state index >= 15 is 0 Å². The minimum atomic E-state index is 0.318. The fraction of sp³-hybridized carbons (Fsp3) is 0.714. The zero-order valence-electron chi connectivity index (χ0n) is 11.7. The van der Waals surface area contributed by atoms with Crippen LogP contribution in [-0.2, 0) is 11.3 Å². The molecule has 2 saturated heterocycles. The molecule has 3 rings (SSSR count). The van der Waals surface area contributed by atoms with E-state index in [4.69, 9.17) is 16.3 Å². The number of hydrogen-bond acceptors (Lipinski definition) is 5. The average Bonchev–Trinajstić information content (AvgIpc) is 2.51. The quantitative estimate of drug-likeness (QED) is 0.789. The molecule has 0 bridgehead atoms. The van der Waals surface area contributed by atoms with Gasteiger partial charge < -0.3 is 4.74 Å². The number of hydrogen-bond donors (Lipinski definition) is 0. The first-order valence-corrected chi connectivity index (χ1v) is 7.69. The topological polar surface area (TPSA) is 41.5 Å². The highest BCUT2D eigenvalue weighted by Crippen LogP contribution is 2.17. The fourth-order valence-corrected chi connectivity index (χ4v) is 3.11. The number of rotatable bonds is 3. The Morgan fingerprint density at radius 3 is 2.40 bits per heavy atom. The average molecular weight is 297 g/mol. The van der Waals surface area contributed by atoms with E-state index in [1.54, 1.807) is 0 Å². The van der Waals surface area contributed by atoms with E-state index in [-0.39, 0.29) is 0 Å². The zero-order chi connectivity index (χ0) is 13.8. The van der Waals surface area contributed by atoms with Crippen LogP contribution < -0.4 is 0 Å². The Labute approximate surface area is 124 Å². The minimum Gasteiger partial charge on any atom is -0.381 e. The molecule has 20 heavy (non-hydrogen) atoms. The highest BCUT2D eigenvalue weighted by atomic mass is 35.5. The summed E-state index contributed by atoms with van der Waals surface area (Å²) in [5.41, 5.74) is 1.13. The van der Waals surface area contributed by atoms with Gasteiger partial charge in [-0.2, -0.15) is 0 Å². The van der Waals surface area contributed by atoms with Crippen molar-refractivity contribution in [3.8, 4) is 0 Å². The molecule has 2 aliphatic heterocycles. The maximum absolute atomic E-state index is 5.71. The van der Waals surface area contributed by atoms with E-state index in [1.807, 2.05) is 12.4 Å². The van der Waals surface area contributed by atoms with E-state index < -0.39 is 0 Å². The predicted molar refractivity (Wildman–Crippen MR) is 77.7 cm³/mol. The number of halogens is 1. The van der Waals surface area contributed by atoms with Crippen LogP contribution in [0.2, 0.25) is 5.28 Å². The van der Waals surface area contributed by atoms with Gasteiger partial charge in [0.1, 0.15) is 0 Å². The molecular weight excluding hydrogens is 276 g/mol. The Hall–Kier alpha value is -0.750. The summed E-state index contributed by atoms with van der Waals surface area (Å²) >= 11 is 5.71. The molecule has 3 heterocycles. The molecule has 0 spiro atoms. The van der Waals surface area contributed by atoms with Crippen LogP contribution in [0.1, 0.15) is 18.4 Å². The predicted octanol–water partition coefficient (Wildman–Crippen LogP) is 1.43. The van der Waals surface area contributed by atoms with Crippen LogP contribution in [0.15, 0.2) is 12.4 Å². The summed E-state index contributed by atoms with van der Waals surface area (Å²) < 4.78 is 5.44. The molecule has 1 aromatic heterocycles. The molecule has 6 heteroatoms. The maximum atomic E-state index is 5.71. The molecule has 110 valence electrons. The van der Waals surface area contributed by atoms with Crippen LogP contribution in [0, 0.1) is 0 Å². The molecule has 0 radical (unpaired) electrons. The van der Waals surface area contributed by atoms with E-state index in [0.717, 1.165) is 57.5 Å². The van der Waals surface area contributed by atoms with Gasteiger partial charge in [0.2, 0.25) is 5.28 Å². The van der Waals surface area contributed by atoms with Gasteiger partial charge in [-0.15, -0.1) is 0 Å². The van der Waals surface area contributed by atoms with Gasteiger partial charge >= 0.3 is 0 Å². The molecule has 1 aromatic rings. The molecule has 0 N–H and O–H groups in total. The van der Waals surface area contributed by atoms with Crippen molar-refractivity contribution in [2.45, 2.75) is 25.4 Å². The largest absolute Gasteiger partial charge is 0.381 e. The second-order valence-electron chi connectivity index (χ2n) is 5.52. The van der Waals surface area contributed by atoms with Gasteiger partial charge in [-0.05, 0) is 24.4 Å². The van der Waals surface area contributed by atoms with Crippen molar-refractivity contribution in [1.29, 1.82) is 0 Å². The van der Waals surface area contributed by atoms with Crippen LogP contribution in [0.3, 0.4) is 0 Å². The molecule has 5 nitrogen and oxygen atoms in total. The van der Waals surface area contributed by atoms with Crippen LogP contribution in [-0.4, -0.2) is 65.2 Å². The van der Waals surface area contributed by atoms with Crippen LogP contribution >= 0.6 is 11.6 Å². The van der Waals surface area contributed by atoms with Gasteiger partial charge in [-0.25, -0.2) is 9.97 Å². The number of piperazine rings is 1. The molecule has 0 saturated carbocycles. The highest BCUT2D eigenvalue weighted by Gasteiger charge is 2.25. The van der Waals surface area contributed by atoms with Gasteiger partial charge in [0.05, 0.1) is 0 Å². The lowest BCUT2D eigenvalue weighted by atomic mass is 10.1. The van der Waals surface area contributed by atoms with Gasteiger partial charge in [0, 0.05) is 69.9 Å². The van der Waals surface area contributed by atoms with Gasteiger partial charge in [-0.3, -0.25) is 9.80 Å². The standard InChI is InChI=1S/C14H21ClN4O/c15-14-16-9-12(10-17-14)11-18-3-5-19(6-4-18)13-1-7-20-8-2-13/h9-10,13H,1-8,11H2. The molecule has 0 amide bonds. The molecule has 0 unspecified atom stereocenters. The van der Waals surface area contributed by atoms with Crippen molar-refractivity contribution in [2.24, 2.45) is 0 Å².